The molecule has 0 unspecified atom stereocenters. The maximum Gasteiger partial charge on any atom is 0.251 e. The zero-order chi connectivity index (χ0) is 13.7. The molecular formula is C14H20BrN3O. The van der Waals surface area contributed by atoms with Gasteiger partial charge >= 0.3 is 0 Å². The number of aromatic nitrogens is 1. The summed E-state index contributed by atoms with van der Waals surface area (Å²) in [4.78, 5) is 18.3. The second kappa shape index (κ2) is 7.01. The Morgan fingerprint density at radius 3 is 2.95 bits per heavy atom. The van der Waals surface area contributed by atoms with Crippen LogP contribution >= 0.6 is 15.9 Å². The molecular weight excluding hydrogens is 306 g/mol. The van der Waals surface area contributed by atoms with Crippen molar-refractivity contribution in [1.29, 1.82) is 0 Å². The van der Waals surface area contributed by atoms with Gasteiger partial charge in [0.2, 0.25) is 0 Å². The van der Waals surface area contributed by atoms with E-state index in [2.05, 4.69) is 38.2 Å². The van der Waals surface area contributed by atoms with Crippen molar-refractivity contribution in [1.82, 2.24) is 15.2 Å². The highest BCUT2D eigenvalue weighted by Gasteiger charge is 2.19. The molecule has 5 heteroatoms. The van der Waals surface area contributed by atoms with Crippen LogP contribution in [0.1, 0.15) is 36.0 Å². The van der Waals surface area contributed by atoms with E-state index in [1.165, 1.54) is 25.7 Å². The summed E-state index contributed by atoms with van der Waals surface area (Å²) in [7, 11) is 2.14. The average molecular weight is 326 g/mol. The van der Waals surface area contributed by atoms with E-state index in [1.807, 2.05) is 0 Å². The molecule has 1 aliphatic rings. The van der Waals surface area contributed by atoms with Gasteiger partial charge in [-0.2, -0.15) is 0 Å². The maximum absolute atomic E-state index is 11.9. The number of carbonyl (C=O) groups is 1. The van der Waals surface area contributed by atoms with Crippen LogP contribution in [0.2, 0.25) is 0 Å². The molecule has 0 radical (unpaired) electrons. The second-order valence-corrected chi connectivity index (χ2v) is 5.85. The topological polar surface area (TPSA) is 45.2 Å². The molecule has 1 heterocycles. The highest BCUT2D eigenvalue weighted by Crippen LogP contribution is 2.21. The van der Waals surface area contributed by atoms with Crippen LogP contribution in [0.3, 0.4) is 0 Å². The van der Waals surface area contributed by atoms with Gasteiger partial charge in [-0.3, -0.25) is 4.79 Å². The number of nitrogens with one attached hydrogen (secondary N) is 1. The molecule has 0 atom stereocenters. The van der Waals surface area contributed by atoms with Crippen molar-refractivity contribution in [3.63, 3.8) is 0 Å². The minimum absolute atomic E-state index is 0.0390. The van der Waals surface area contributed by atoms with Crippen LogP contribution in [0.15, 0.2) is 22.9 Å². The first-order valence-electron chi connectivity index (χ1n) is 6.77. The number of nitrogens with zero attached hydrogens (tertiary/aromatic N) is 2. The Bertz CT molecular complexity index is 432. The van der Waals surface area contributed by atoms with Gasteiger partial charge in [-0.25, -0.2) is 4.98 Å². The van der Waals surface area contributed by atoms with E-state index in [1.54, 1.807) is 18.3 Å². The summed E-state index contributed by atoms with van der Waals surface area (Å²) in [6.45, 7) is 1.59. The van der Waals surface area contributed by atoms with Crippen LogP contribution in [0.5, 0.6) is 0 Å². The van der Waals surface area contributed by atoms with Crippen LogP contribution < -0.4 is 5.32 Å². The SMILES string of the molecule is CN(CCNC(=O)c1ccnc(Br)c1)C1CCCC1. The van der Waals surface area contributed by atoms with Gasteiger partial charge in [0.05, 0.1) is 0 Å². The summed E-state index contributed by atoms with van der Waals surface area (Å²) in [6, 6.07) is 4.16. The van der Waals surface area contributed by atoms with E-state index < -0.39 is 0 Å². The summed E-state index contributed by atoms with van der Waals surface area (Å²) in [5.74, 6) is -0.0390. The number of rotatable bonds is 5. The third kappa shape index (κ3) is 4.28. The van der Waals surface area contributed by atoms with Gasteiger partial charge in [-0.15, -0.1) is 0 Å². The zero-order valence-corrected chi connectivity index (χ0v) is 12.8. The van der Waals surface area contributed by atoms with E-state index in [0.29, 0.717) is 22.8 Å². The quantitative estimate of drug-likeness (QED) is 0.846. The third-order valence-electron chi connectivity index (χ3n) is 3.69. The van der Waals surface area contributed by atoms with Crippen LogP contribution in [0.25, 0.3) is 0 Å². The van der Waals surface area contributed by atoms with Crippen LogP contribution in [0.4, 0.5) is 0 Å². The van der Waals surface area contributed by atoms with Crippen molar-refractivity contribution in [2.45, 2.75) is 31.7 Å². The predicted octanol–water partition coefficient (Wildman–Crippen LogP) is 2.45. The lowest BCUT2D eigenvalue weighted by molar-refractivity contribution is 0.0947. The largest absolute Gasteiger partial charge is 0.351 e. The molecule has 1 saturated carbocycles. The number of halogens is 1. The Kier molecular flexibility index (Phi) is 5.34. The lowest BCUT2D eigenvalue weighted by atomic mass is 10.2. The van der Waals surface area contributed by atoms with Crippen LogP contribution in [-0.2, 0) is 0 Å². The molecule has 1 aromatic rings. The molecule has 0 bridgehead atoms. The highest BCUT2D eigenvalue weighted by atomic mass is 79.9. The third-order valence-corrected chi connectivity index (χ3v) is 4.12. The minimum atomic E-state index is -0.0390. The van der Waals surface area contributed by atoms with E-state index in [-0.39, 0.29) is 5.91 Å². The van der Waals surface area contributed by atoms with Gasteiger partial charge in [-0.1, -0.05) is 12.8 Å². The highest BCUT2D eigenvalue weighted by molar-refractivity contribution is 9.10. The molecule has 0 spiro atoms. The molecule has 1 N–H and O–H groups in total. The number of likely N-dealkylation sites (N-methyl/N-ethyl adjacent to an activating group) is 1. The first-order chi connectivity index (χ1) is 9.16. The second-order valence-electron chi connectivity index (χ2n) is 5.04. The van der Waals surface area contributed by atoms with Gasteiger partial charge in [0.1, 0.15) is 4.60 Å². The first-order valence-corrected chi connectivity index (χ1v) is 7.56. The Morgan fingerprint density at radius 1 is 1.53 bits per heavy atom. The Hall–Kier alpha value is -0.940. The number of hydrogen-bond acceptors (Lipinski definition) is 3. The van der Waals surface area contributed by atoms with E-state index >= 15 is 0 Å². The normalized spacial score (nSPS) is 15.9. The van der Waals surface area contributed by atoms with E-state index in [9.17, 15) is 4.79 Å². The molecule has 0 saturated heterocycles. The lowest BCUT2D eigenvalue weighted by Crippen LogP contribution is -2.37. The van der Waals surface area contributed by atoms with Crippen molar-refractivity contribution < 1.29 is 4.79 Å². The van der Waals surface area contributed by atoms with Crippen molar-refractivity contribution in [2.75, 3.05) is 20.1 Å². The molecule has 1 fully saturated rings. The number of amides is 1. The molecule has 4 nitrogen and oxygen atoms in total. The molecule has 104 valence electrons. The fourth-order valence-electron chi connectivity index (χ4n) is 2.52. The maximum atomic E-state index is 11.9. The minimum Gasteiger partial charge on any atom is -0.351 e. The molecule has 0 aromatic carbocycles. The molecule has 0 aliphatic heterocycles. The van der Waals surface area contributed by atoms with Gasteiger partial charge in [0.25, 0.3) is 5.91 Å². The fourth-order valence-corrected chi connectivity index (χ4v) is 2.88. The summed E-state index contributed by atoms with van der Waals surface area (Å²) in [5.41, 5.74) is 0.644. The van der Waals surface area contributed by atoms with Crippen molar-refractivity contribution >= 4 is 21.8 Å². The smallest absolute Gasteiger partial charge is 0.251 e. The molecule has 1 amide bonds. The van der Waals surface area contributed by atoms with Crippen molar-refractivity contribution in [3.05, 3.63) is 28.5 Å². The van der Waals surface area contributed by atoms with E-state index in [0.717, 1.165) is 6.54 Å². The first kappa shape index (κ1) is 14.5. The van der Waals surface area contributed by atoms with Gasteiger partial charge < -0.3 is 10.2 Å². The molecule has 19 heavy (non-hydrogen) atoms. The zero-order valence-electron chi connectivity index (χ0n) is 11.2. The standard InChI is InChI=1S/C14H20BrN3O/c1-18(12-4-2-3-5-12)9-8-17-14(19)11-6-7-16-13(15)10-11/h6-7,10,12H,2-5,8-9H2,1H3,(H,17,19). The fraction of sp³-hybridized carbons (Fsp3) is 0.571. The molecule has 1 aromatic heterocycles. The molecule has 1 aliphatic carbocycles. The van der Waals surface area contributed by atoms with Crippen LogP contribution in [0, 0.1) is 0 Å². The van der Waals surface area contributed by atoms with Crippen LogP contribution in [-0.4, -0.2) is 42.0 Å². The van der Waals surface area contributed by atoms with Crippen molar-refractivity contribution in [2.24, 2.45) is 0 Å². The van der Waals surface area contributed by atoms with Gasteiger partial charge in [-0.05, 0) is 48.0 Å². The van der Waals surface area contributed by atoms with Crippen molar-refractivity contribution in [3.8, 4) is 0 Å². The Morgan fingerprint density at radius 2 is 2.26 bits per heavy atom. The monoisotopic (exact) mass is 325 g/mol. The average Bonchev–Trinajstić information content (AvgIpc) is 2.92. The predicted molar refractivity (Wildman–Crippen MR) is 79.2 cm³/mol. The summed E-state index contributed by atoms with van der Waals surface area (Å²) < 4.78 is 0.684. The summed E-state index contributed by atoms with van der Waals surface area (Å²) in [6.07, 6.45) is 6.89. The summed E-state index contributed by atoms with van der Waals surface area (Å²) >= 11 is 3.27. The number of pyridine rings is 1. The summed E-state index contributed by atoms with van der Waals surface area (Å²) in [5, 5.41) is 2.95. The van der Waals surface area contributed by atoms with Gasteiger partial charge in [0.15, 0.2) is 0 Å². The molecule has 2 rings (SSSR count). The number of carbonyl (C=O) groups excluding carboxylic acids is 1. The Balaban J connectivity index is 1.74. The number of hydrogen-bond donors (Lipinski definition) is 1. The van der Waals surface area contributed by atoms with E-state index in [4.69, 9.17) is 0 Å². The van der Waals surface area contributed by atoms with Gasteiger partial charge in [0, 0.05) is 30.9 Å². The Labute approximate surface area is 122 Å². The lowest BCUT2D eigenvalue weighted by Gasteiger charge is -2.23.